The molecule has 28 heavy (non-hydrogen) atoms. The molecule has 146 valence electrons. The van der Waals surface area contributed by atoms with Crippen molar-refractivity contribution in [2.24, 2.45) is 0 Å². The molecule has 0 amide bonds. The van der Waals surface area contributed by atoms with E-state index in [0.29, 0.717) is 11.5 Å². The van der Waals surface area contributed by atoms with Crippen LogP contribution in [0.5, 0.6) is 6.01 Å². The largest absolute Gasteiger partial charge is 0.467 e. The van der Waals surface area contributed by atoms with Gasteiger partial charge in [-0.2, -0.15) is 4.98 Å². The van der Waals surface area contributed by atoms with E-state index < -0.39 is 5.60 Å². The fourth-order valence-electron chi connectivity index (χ4n) is 3.69. The zero-order valence-electron chi connectivity index (χ0n) is 16.0. The van der Waals surface area contributed by atoms with Gasteiger partial charge in [-0.05, 0) is 62.9 Å². The number of hydrogen-bond donors (Lipinski definition) is 1. The van der Waals surface area contributed by atoms with Crippen LogP contribution in [0.4, 0.5) is 4.39 Å². The van der Waals surface area contributed by atoms with Crippen LogP contribution in [0.3, 0.4) is 0 Å². The molecule has 0 unspecified atom stereocenters. The van der Waals surface area contributed by atoms with Crippen LogP contribution in [0, 0.1) is 5.82 Å². The summed E-state index contributed by atoms with van der Waals surface area (Å²) in [5, 5.41) is 10.3. The lowest BCUT2D eigenvalue weighted by molar-refractivity contribution is 0.0101. The van der Waals surface area contributed by atoms with E-state index in [-0.39, 0.29) is 17.9 Å². The number of nitrogens with zero attached hydrogens (tertiary/aromatic N) is 4. The van der Waals surface area contributed by atoms with Crippen molar-refractivity contribution in [3.05, 3.63) is 48.5 Å². The third-order valence-corrected chi connectivity index (χ3v) is 5.34. The van der Waals surface area contributed by atoms with Crippen molar-refractivity contribution in [3.8, 4) is 28.8 Å². The highest BCUT2D eigenvalue weighted by atomic mass is 19.1. The van der Waals surface area contributed by atoms with Crippen LogP contribution in [0.2, 0.25) is 0 Å². The zero-order valence-corrected chi connectivity index (χ0v) is 16.0. The monoisotopic (exact) mass is 382 g/mol. The first-order chi connectivity index (χ1) is 13.4. The topological polar surface area (TPSA) is 73.1 Å². The van der Waals surface area contributed by atoms with Gasteiger partial charge in [0.2, 0.25) is 0 Å². The SMILES string of the molecule is COc1nccc(-c2nc(-c3ccc(F)cc3)cn2C2CCC(C)(O)CC2)n1. The van der Waals surface area contributed by atoms with Crippen molar-refractivity contribution in [2.45, 2.75) is 44.2 Å². The first-order valence-corrected chi connectivity index (χ1v) is 9.40. The summed E-state index contributed by atoms with van der Waals surface area (Å²) in [6, 6.07) is 8.59. The minimum atomic E-state index is -0.616. The van der Waals surface area contributed by atoms with Crippen molar-refractivity contribution in [1.82, 2.24) is 19.5 Å². The fourth-order valence-corrected chi connectivity index (χ4v) is 3.69. The van der Waals surface area contributed by atoms with Crippen LogP contribution in [-0.4, -0.2) is 37.3 Å². The van der Waals surface area contributed by atoms with E-state index in [4.69, 9.17) is 9.72 Å². The lowest BCUT2D eigenvalue weighted by Gasteiger charge is -2.34. The quantitative estimate of drug-likeness (QED) is 0.738. The van der Waals surface area contributed by atoms with Crippen LogP contribution in [-0.2, 0) is 0 Å². The van der Waals surface area contributed by atoms with Gasteiger partial charge in [-0.15, -0.1) is 0 Å². The van der Waals surface area contributed by atoms with Gasteiger partial charge in [-0.3, -0.25) is 0 Å². The minimum Gasteiger partial charge on any atom is -0.467 e. The Labute approximate surface area is 163 Å². The highest BCUT2D eigenvalue weighted by Crippen LogP contribution is 2.38. The van der Waals surface area contributed by atoms with Gasteiger partial charge in [-0.25, -0.2) is 14.4 Å². The molecule has 4 rings (SSSR count). The molecule has 1 aliphatic rings. The van der Waals surface area contributed by atoms with E-state index in [9.17, 15) is 9.50 Å². The molecule has 1 saturated carbocycles. The normalized spacial score (nSPS) is 22.2. The molecule has 0 bridgehead atoms. The van der Waals surface area contributed by atoms with Crippen LogP contribution in [0.15, 0.2) is 42.7 Å². The van der Waals surface area contributed by atoms with Crippen molar-refractivity contribution < 1.29 is 14.2 Å². The number of methoxy groups -OCH3 is 1. The molecule has 2 heterocycles. The summed E-state index contributed by atoms with van der Waals surface area (Å²) in [6.07, 6.45) is 6.79. The molecule has 1 N–H and O–H groups in total. The van der Waals surface area contributed by atoms with Crippen LogP contribution < -0.4 is 4.74 Å². The summed E-state index contributed by atoms with van der Waals surface area (Å²) in [5.74, 6) is 0.435. The lowest BCUT2D eigenvalue weighted by atomic mass is 9.83. The molecular weight excluding hydrogens is 359 g/mol. The van der Waals surface area contributed by atoms with Gasteiger partial charge in [0.25, 0.3) is 0 Å². The summed E-state index contributed by atoms with van der Waals surface area (Å²) in [4.78, 5) is 13.3. The van der Waals surface area contributed by atoms with Crippen LogP contribution in [0.1, 0.15) is 38.6 Å². The van der Waals surface area contributed by atoms with Gasteiger partial charge in [0, 0.05) is 24.0 Å². The number of benzene rings is 1. The van der Waals surface area contributed by atoms with E-state index in [0.717, 1.165) is 36.9 Å². The maximum Gasteiger partial charge on any atom is 0.316 e. The first-order valence-electron chi connectivity index (χ1n) is 9.40. The molecule has 7 heteroatoms. The molecule has 6 nitrogen and oxygen atoms in total. The molecule has 3 aromatic rings. The molecule has 1 aromatic carbocycles. The molecule has 0 saturated heterocycles. The summed E-state index contributed by atoms with van der Waals surface area (Å²) in [7, 11) is 1.53. The number of rotatable bonds is 4. The molecule has 0 aliphatic heterocycles. The molecule has 1 aliphatic carbocycles. The molecule has 0 radical (unpaired) electrons. The van der Waals surface area contributed by atoms with Crippen molar-refractivity contribution in [3.63, 3.8) is 0 Å². The summed E-state index contributed by atoms with van der Waals surface area (Å²) < 4.78 is 20.6. The molecule has 0 spiro atoms. The Bertz CT molecular complexity index is 959. The van der Waals surface area contributed by atoms with Crippen molar-refractivity contribution in [1.29, 1.82) is 0 Å². The Kier molecular flexibility index (Phi) is 4.85. The smallest absolute Gasteiger partial charge is 0.316 e. The Morgan fingerprint density at radius 1 is 1.11 bits per heavy atom. The highest BCUT2D eigenvalue weighted by Gasteiger charge is 2.31. The number of hydrogen-bond acceptors (Lipinski definition) is 5. The Morgan fingerprint density at radius 3 is 2.50 bits per heavy atom. The third-order valence-electron chi connectivity index (χ3n) is 5.34. The van der Waals surface area contributed by atoms with E-state index in [1.165, 1.54) is 19.2 Å². The summed E-state index contributed by atoms with van der Waals surface area (Å²) in [5.41, 5.74) is 1.64. The fraction of sp³-hybridized carbons (Fsp3) is 0.381. The maximum absolute atomic E-state index is 13.3. The van der Waals surface area contributed by atoms with Gasteiger partial charge < -0.3 is 14.4 Å². The number of imidazole rings is 1. The lowest BCUT2D eigenvalue weighted by Crippen LogP contribution is -2.31. The second-order valence-corrected chi connectivity index (χ2v) is 7.52. The highest BCUT2D eigenvalue weighted by molar-refractivity contribution is 5.63. The predicted octanol–water partition coefficient (Wildman–Crippen LogP) is 4.02. The Morgan fingerprint density at radius 2 is 1.82 bits per heavy atom. The maximum atomic E-state index is 13.3. The van der Waals surface area contributed by atoms with Crippen molar-refractivity contribution in [2.75, 3.05) is 7.11 Å². The second kappa shape index (κ2) is 7.31. The zero-order chi connectivity index (χ0) is 19.7. The van der Waals surface area contributed by atoms with Gasteiger partial charge >= 0.3 is 6.01 Å². The van der Waals surface area contributed by atoms with Gasteiger partial charge in [0.05, 0.1) is 18.4 Å². The molecule has 2 aromatic heterocycles. The molecule has 1 fully saturated rings. The first kappa shape index (κ1) is 18.6. The van der Waals surface area contributed by atoms with Gasteiger partial charge in [0.1, 0.15) is 11.5 Å². The van der Waals surface area contributed by atoms with E-state index in [1.807, 2.05) is 13.1 Å². The second-order valence-electron chi connectivity index (χ2n) is 7.52. The third kappa shape index (κ3) is 3.75. The number of halogens is 1. The van der Waals surface area contributed by atoms with Crippen LogP contribution in [0.25, 0.3) is 22.8 Å². The predicted molar refractivity (Wildman–Crippen MR) is 103 cm³/mol. The standard InChI is InChI=1S/C21H23FN4O2/c1-21(27)10-7-16(8-11-21)26-13-18(14-3-5-15(22)6-4-14)24-19(26)17-9-12-23-20(25-17)28-2/h3-6,9,12-13,16,27H,7-8,10-11H2,1-2H3. The molecule has 0 atom stereocenters. The van der Waals surface area contributed by atoms with E-state index in [2.05, 4.69) is 14.5 Å². The number of aliphatic hydroxyl groups is 1. The summed E-state index contributed by atoms with van der Waals surface area (Å²) in [6.45, 7) is 1.89. The Balaban J connectivity index is 1.77. The van der Waals surface area contributed by atoms with Crippen molar-refractivity contribution >= 4 is 0 Å². The van der Waals surface area contributed by atoms with Gasteiger partial charge in [-0.1, -0.05) is 0 Å². The van der Waals surface area contributed by atoms with Gasteiger partial charge in [0.15, 0.2) is 5.82 Å². The average Bonchev–Trinajstić information content (AvgIpc) is 3.14. The Hall–Kier alpha value is -2.80. The molecular formula is C21H23FN4O2. The number of aromatic nitrogens is 4. The summed E-state index contributed by atoms with van der Waals surface area (Å²) >= 11 is 0. The van der Waals surface area contributed by atoms with E-state index in [1.54, 1.807) is 24.4 Å². The minimum absolute atomic E-state index is 0.206. The number of ether oxygens (including phenoxy) is 1. The average molecular weight is 382 g/mol. The van der Waals surface area contributed by atoms with Crippen LogP contribution >= 0.6 is 0 Å². The van der Waals surface area contributed by atoms with E-state index >= 15 is 0 Å².